The average Bonchev–Trinajstić information content (AvgIpc) is 3.40. The molecule has 4 saturated carbocycles. The molecule has 2 aromatic rings. The molecule has 0 saturated heterocycles. The van der Waals surface area contributed by atoms with Crippen LogP contribution in [0.3, 0.4) is 0 Å². The third-order valence-electron chi connectivity index (χ3n) is 9.27. The maximum Gasteiger partial charge on any atom is 0.322 e. The molecule has 4 fully saturated rings. The molecule has 0 unspecified atom stereocenters. The quantitative estimate of drug-likeness (QED) is 0.268. The minimum absolute atomic E-state index is 0.139. The first-order chi connectivity index (χ1) is 18.1. The zero-order chi connectivity index (χ0) is 28.3. The van der Waals surface area contributed by atoms with E-state index in [0.717, 1.165) is 26.2 Å². The van der Waals surface area contributed by atoms with Crippen molar-refractivity contribution in [2.45, 2.75) is 88.4 Å². The van der Waals surface area contributed by atoms with Crippen molar-refractivity contribution in [3.63, 3.8) is 0 Å². The Morgan fingerprint density at radius 3 is 2.23 bits per heavy atom. The highest BCUT2D eigenvalue weighted by atomic mass is 31.2. The van der Waals surface area contributed by atoms with Crippen LogP contribution in [0.5, 0.6) is 0 Å². The van der Waals surface area contributed by atoms with Gasteiger partial charge in [0.15, 0.2) is 5.82 Å². The third kappa shape index (κ3) is 5.68. The summed E-state index contributed by atoms with van der Waals surface area (Å²) in [5.41, 5.74) is 0.0220. The fourth-order valence-electron chi connectivity index (χ4n) is 6.59. The Morgan fingerprint density at radius 1 is 1.08 bits per heavy atom. The highest BCUT2D eigenvalue weighted by molar-refractivity contribution is 7.70. The Morgan fingerprint density at radius 2 is 1.69 bits per heavy atom. The van der Waals surface area contributed by atoms with Crippen molar-refractivity contribution >= 4 is 24.0 Å². The second-order valence-corrected chi connectivity index (χ2v) is 15.7. The molecule has 0 aliphatic heterocycles. The first-order valence-corrected chi connectivity index (χ1v) is 16.3. The van der Waals surface area contributed by atoms with E-state index in [2.05, 4.69) is 10.1 Å². The van der Waals surface area contributed by atoms with Crippen LogP contribution in [-0.2, 0) is 20.7 Å². The third-order valence-corrected chi connectivity index (χ3v) is 10.8. The monoisotopic (exact) mass is 569 g/mol. The Kier molecular flexibility index (Phi) is 7.05. The molecule has 4 aliphatic carbocycles. The first-order valence-electron chi connectivity index (χ1n) is 13.7. The van der Waals surface area contributed by atoms with Gasteiger partial charge in [0.2, 0.25) is 11.8 Å². The van der Waals surface area contributed by atoms with E-state index in [9.17, 15) is 26.9 Å². The van der Waals surface area contributed by atoms with E-state index in [1.807, 2.05) is 6.07 Å². The normalized spacial score (nSPS) is 27.5. The zero-order valence-electron chi connectivity index (χ0n) is 22.7. The van der Waals surface area contributed by atoms with E-state index in [-0.39, 0.29) is 37.0 Å². The summed E-state index contributed by atoms with van der Waals surface area (Å²) >= 11 is 0. The van der Waals surface area contributed by atoms with Gasteiger partial charge < -0.3 is 14.0 Å². The molecule has 1 amide bonds. The van der Waals surface area contributed by atoms with E-state index in [4.69, 9.17) is 4.52 Å². The van der Waals surface area contributed by atoms with Crippen LogP contribution in [0.25, 0.3) is 0 Å². The van der Waals surface area contributed by atoms with Gasteiger partial charge in [-0.2, -0.15) is 13.8 Å². The Balaban J connectivity index is 1.39. The lowest BCUT2D eigenvalue weighted by Crippen LogP contribution is -2.52. The molecule has 6 rings (SSSR count). The van der Waals surface area contributed by atoms with Crippen LogP contribution in [0.2, 0.25) is 0 Å². The Labute approximate surface area is 226 Å². The smallest absolute Gasteiger partial charge is 0.322 e. The van der Waals surface area contributed by atoms with Gasteiger partial charge in [0.25, 0.3) is 5.89 Å². The summed E-state index contributed by atoms with van der Waals surface area (Å²) in [6.45, 7) is 4.53. The second kappa shape index (κ2) is 9.71. The van der Waals surface area contributed by atoms with Crippen LogP contribution in [0.1, 0.15) is 82.8 Å². The van der Waals surface area contributed by atoms with Gasteiger partial charge >= 0.3 is 5.92 Å². The molecule has 1 aromatic heterocycles. The van der Waals surface area contributed by atoms with Crippen molar-refractivity contribution in [3.8, 4) is 0 Å². The van der Waals surface area contributed by atoms with Gasteiger partial charge in [-0.3, -0.25) is 4.79 Å². The molecule has 214 valence electrons. The molecule has 1 heterocycles. The fourth-order valence-corrected chi connectivity index (χ4v) is 7.48. The lowest BCUT2D eigenvalue weighted by atomic mass is 9.53. The van der Waals surface area contributed by atoms with Crippen LogP contribution in [0, 0.1) is 11.3 Å². The van der Waals surface area contributed by atoms with E-state index < -0.39 is 36.2 Å². The van der Waals surface area contributed by atoms with E-state index in [0.29, 0.717) is 42.6 Å². The van der Waals surface area contributed by atoms with Gasteiger partial charge in [0.1, 0.15) is 7.14 Å². The van der Waals surface area contributed by atoms with Crippen molar-refractivity contribution in [1.82, 2.24) is 10.1 Å². The van der Waals surface area contributed by atoms with Crippen molar-refractivity contribution in [2.24, 2.45) is 11.3 Å². The molecule has 0 radical (unpaired) electrons. The number of alkyl halides is 4. The van der Waals surface area contributed by atoms with Crippen molar-refractivity contribution in [3.05, 3.63) is 36.0 Å². The van der Waals surface area contributed by atoms with Gasteiger partial charge in [-0.15, -0.1) is 0 Å². The average molecular weight is 570 g/mol. The number of carbonyl (C=O) groups excluding carboxylic acids is 1. The van der Waals surface area contributed by atoms with E-state index >= 15 is 0 Å². The first kappa shape index (κ1) is 28.3. The minimum Gasteiger partial charge on any atom is -0.333 e. The molecular weight excluding hydrogens is 533 g/mol. The molecule has 11 heteroatoms. The maximum atomic E-state index is 13.9. The lowest BCUT2D eigenvalue weighted by Gasteiger charge is -2.53. The number of amides is 1. The zero-order valence-corrected chi connectivity index (χ0v) is 23.6. The standard InChI is InChI=1S/C28H36F4N3O3P/c1-25(29,30)24-33-23(34-38-24)27-14-11-26(12-15-27,13-16-27)18-35(20-5-4-6-21(17-20)39(2,3)37)22(36)19-7-9-28(31,32)10-8-19/h4-6,17,19H,7-16,18H2,1-3H3. The number of rotatable bonds is 7. The summed E-state index contributed by atoms with van der Waals surface area (Å²) in [5.74, 6) is -6.92. The summed E-state index contributed by atoms with van der Waals surface area (Å²) in [5, 5.41) is 4.58. The predicted molar refractivity (Wildman–Crippen MR) is 140 cm³/mol. The number of fused-ring (bicyclic) bond motifs is 3. The molecule has 0 spiro atoms. The molecule has 1 aromatic carbocycles. The molecule has 0 N–H and O–H groups in total. The summed E-state index contributed by atoms with van der Waals surface area (Å²) in [7, 11) is -2.59. The SMILES string of the molecule is CC(F)(F)c1nc(C23CCC(CN(C(=O)C4CCC(F)(F)CC4)c4cccc(P(C)(C)=O)c4)(CC2)CC3)no1. The number of halogens is 4. The van der Waals surface area contributed by atoms with Gasteiger partial charge in [0.05, 0.1) is 0 Å². The predicted octanol–water partition coefficient (Wildman–Crippen LogP) is 6.88. The number of hydrogen-bond acceptors (Lipinski definition) is 5. The van der Waals surface area contributed by atoms with Crippen LogP contribution in [0.15, 0.2) is 28.8 Å². The summed E-state index contributed by atoms with van der Waals surface area (Å²) in [6, 6.07) is 7.21. The molecule has 2 bridgehead atoms. The number of aromatic nitrogens is 2. The number of hydrogen-bond donors (Lipinski definition) is 0. The second-order valence-electron chi connectivity index (χ2n) is 12.5. The van der Waals surface area contributed by atoms with Gasteiger partial charge in [-0.1, -0.05) is 17.3 Å². The van der Waals surface area contributed by atoms with E-state index in [1.54, 1.807) is 36.4 Å². The number of carbonyl (C=O) groups is 1. The molecule has 6 nitrogen and oxygen atoms in total. The molecular formula is C28H36F4N3O3P. The summed E-state index contributed by atoms with van der Waals surface area (Å²) in [6.07, 6.45) is 4.03. The number of nitrogens with zero attached hydrogens (tertiary/aromatic N) is 3. The van der Waals surface area contributed by atoms with Gasteiger partial charge in [-0.05, 0) is 82.2 Å². The van der Waals surface area contributed by atoms with Gasteiger partial charge in [0, 0.05) is 48.6 Å². The van der Waals surface area contributed by atoms with Crippen LogP contribution >= 0.6 is 7.14 Å². The van der Waals surface area contributed by atoms with Crippen LogP contribution in [-0.4, -0.2) is 41.8 Å². The van der Waals surface area contributed by atoms with Crippen molar-refractivity contribution < 1.29 is 31.4 Å². The highest BCUT2D eigenvalue weighted by Crippen LogP contribution is 2.58. The minimum atomic E-state index is -3.20. The Hall–Kier alpha value is -2.22. The van der Waals surface area contributed by atoms with Gasteiger partial charge in [-0.25, -0.2) is 8.78 Å². The topological polar surface area (TPSA) is 76.3 Å². The largest absolute Gasteiger partial charge is 0.333 e. The number of anilines is 1. The fraction of sp³-hybridized carbons (Fsp3) is 0.679. The highest BCUT2D eigenvalue weighted by Gasteiger charge is 2.53. The van der Waals surface area contributed by atoms with Crippen LogP contribution < -0.4 is 10.2 Å². The molecule has 4 aliphatic rings. The van der Waals surface area contributed by atoms with Crippen molar-refractivity contribution in [1.29, 1.82) is 0 Å². The Bertz CT molecular complexity index is 1250. The van der Waals surface area contributed by atoms with E-state index in [1.165, 1.54) is 0 Å². The molecule has 39 heavy (non-hydrogen) atoms. The maximum absolute atomic E-state index is 13.9. The number of benzene rings is 1. The van der Waals surface area contributed by atoms with Crippen LogP contribution in [0.4, 0.5) is 23.2 Å². The summed E-state index contributed by atoms with van der Waals surface area (Å²) in [4.78, 5) is 19.7. The summed E-state index contributed by atoms with van der Waals surface area (Å²) < 4.78 is 72.9. The molecule has 0 atom stereocenters. The lowest BCUT2D eigenvalue weighted by molar-refractivity contribution is -0.127. The van der Waals surface area contributed by atoms with Crippen molar-refractivity contribution in [2.75, 3.05) is 24.8 Å².